The largest absolute Gasteiger partial charge is 0.489 e. The zero-order valence-electron chi connectivity index (χ0n) is 9.31. The van der Waals surface area contributed by atoms with Gasteiger partial charge < -0.3 is 9.15 Å². The number of fused-ring (bicyclic) bond motifs is 1. The first kappa shape index (κ1) is 11.2. The highest BCUT2D eigenvalue weighted by Crippen LogP contribution is 2.18. The van der Waals surface area contributed by atoms with E-state index in [2.05, 4.69) is 13.2 Å². The minimum absolute atomic E-state index is 0.0840. The molecule has 0 amide bonds. The van der Waals surface area contributed by atoms with Crippen molar-refractivity contribution in [2.75, 3.05) is 6.61 Å². The lowest BCUT2D eigenvalue weighted by molar-refractivity contribution is 0.356. The van der Waals surface area contributed by atoms with Crippen LogP contribution in [0.2, 0.25) is 0 Å². The molecular weight excluding hydrogens is 216 g/mol. The molecule has 0 atom stereocenters. The Labute approximate surface area is 98.6 Å². The van der Waals surface area contributed by atoms with Crippen LogP contribution in [0.4, 0.5) is 0 Å². The van der Waals surface area contributed by atoms with Crippen LogP contribution in [-0.4, -0.2) is 6.61 Å². The van der Waals surface area contributed by atoms with Gasteiger partial charge in [0.05, 0.1) is 11.6 Å². The van der Waals surface area contributed by atoms with E-state index in [1.54, 1.807) is 24.3 Å². The summed E-state index contributed by atoms with van der Waals surface area (Å²) in [5.41, 5.74) is 1.25. The quantitative estimate of drug-likeness (QED) is 0.755. The first-order valence-corrected chi connectivity index (χ1v) is 5.15. The zero-order valence-corrected chi connectivity index (χ0v) is 9.31. The van der Waals surface area contributed by atoms with Crippen molar-refractivity contribution in [2.45, 2.75) is 0 Å². The minimum atomic E-state index is -0.0840. The van der Waals surface area contributed by atoms with Crippen LogP contribution in [0, 0.1) is 0 Å². The molecule has 1 aromatic carbocycles. The van der Waals surface area contributed by atoms with Gasteiger partial charge in [0.25, 0.3) is 0 Å². The van der Waals surface area contributed by atoms with E-state index < -0.39 is 0 Å². The van der Waals surface area contributed by atoms with Gasteiger partial charge in [0.15, 0.2) is 5.43 Å². The van der Waals surface area contributed by atoms with Crippen molar-refractivity contribution in [3.05, 3.63) is 65.6 Å². The standard InChI is InChI=1S/C14H12O3/c1-3-10(2)9-17-11-4-5-14-12(8-11)13(15)6-7-16-14/h3-8H,1-2,9H2. The molecule has 86 valence electrons. The molecule has 0 saturated carbocycles. The van der Waals surface area contributed by atoms with Crippen molar-refractivity contribution in [3.8, 4) is 5.75 Å². The van der Waals surface area contributed by atoms with Crippen molar-refractivity contribution in [1.29, 1.82) is 0 Å². The van der Waals surface area contributed by atoms with Crippen LogP contribution in [0.15, 0.2) is 64.5 Å². The van der Waals surface area contributed by atoms with Gasteiger partial charge in [-0.3, -0.25) is 4.79 Å². The minimum Gasteiger partial charge on any atom is -0.489 e. The molecule has 0 N–H and O–H groups in total. The summed E-state index contributed by atoms with van der Waals surface area (Å²) in [7, 11) is 0. The van der Waals surface area contributed by atoms with Gasteiger partial charge in [-0.1, -0.05) is 19.2 Å². The van der Waals surface area contributed by atoms with E-state index in [9.17, 15) is 4.79 Å². The van der Waals surface area contributed by atoms with Gasteiger partial charge in [0, 0.05) is 6.07 Å². The van der Waals surface area contributed by atoms with Crippen LogP contribution in [0.25, 0.3) is 11.0 Å². The fourth-order valence-corrected chi connectivity index (χ4v) is 1.39. The van der Waals surface area contributed by atoms with Crippen LogP contribution < -0.4 is 10.2 Å². The van der Waals surface area contributed by atoms with E-state index in [4.69, 9.17) is 9.15 Å². The number of ether oxygens (including phenoxy) is 1. The lowest BCUT2D eigenvalue weighted by Crippen LogP contribution is -2.01. The molecular formula is C14H12O3. The van der Waals surface area contributed by atoms with Gasteiger partial charge >= 0.3 is 0 Å². The highest BCUT2D eigenvalue weighted by atomic mass is 16.5. The summed E-state index contributed by atoms with van der Waals surface area (Å²) >= 11 is 0. The van der Waals surface area contributed by atoms with Crippen molar-refractivity contribution in [2.24, 2.45) is 0 Å². The lowest BCUT2D eigenvalue weighted by atomic mass is 10.2. The van der Waals surface area contributed by atoms with Crippen molar-refractivity contribution < 1.29 is 9.15 Å². The molecule has 0 aliphatic carbocycles. The lowest BCUT2D eigenvalue weighted by Gasteiger charge is -2.06. The monoisotopic (exact) mass is 228 g/mol. The van der Waals surface area contributed by atoms with E-state index >= 15 is 0 Å². The normalized spacial score (nSPS) is 10.1. The third-order valence-corrected chi connectivity index (χ3v) is 2.34. The van der Waals surface area contributed by atoms with E-state index in [0.717, 1.165) is 5.57 Å². The molecule has 1 aromatic heterocycles. The molecule has 0 spiro atoms. The van der Waals surface area contributed by atoms with Gasteiger partial charge in [0.2, 0.25) is 0 Å². The Morgan fingerprint density at radius 1 is 1.41 bits per heavy atom. The third-order valence-electron chi connectivity index (χ3n) is 2.34. The van der Waals surface area contributed by atoms with Gasteiger partial charge in [-0.25, -0.2) is 0 Å². The van der Waals surface area contributed by atoms with Crippen molar-refractivity contribution >= 4 is 11.0 Å². The Kier molecular flexibility index (Phi) is 3.10. The van der Waals surface area contributed by atoms with Crippen LogP contribution in [-0.2, 0) is 0 Å². The molecule has 0 bridgehead atoms. The molecule has 1 heterocycles. The second-order valence-corrected chi connectivity index (χ2v) is 3.59. The predicted molar refractivity (Wildman–Crippen MR) is 67.3 cm³/mol. The maximum Gasteiger partial charge on any atom is 0.192 e. The molecule has 0 fully saturated rings. The van der Waals surface area contributed by atoms with E-state index in [1.165, 1.54) is 12.3 Å². The van der Waals surface area contributed by atoms with Gasteiger partial charge in [0.1, 0.15) is 17.9 Å². The van der Waals surface area contributed by atoms with Crippen LogP contribution >= 0.6 is 0 Å². The summed E-state index contributed by atoms with van der Waals surface area (Å²) in [4.78, 5) is 11.6. The Bertz CT molecular complexity index is 623. The third kappa shape index (κ3) is 2.45. The van der Waals surface area contributed by atoms with Gasteiger partial charge in [-0.15, -0.1) is 0 Å². The molecule has 0 aliphatic heterocycles. The molecule has 3 nitrogen and oxygen atoms in total. The maximum absolute atomic E-state index is 11.6. The zero-order chi connectivity index (χ0) is 12.3. The summed E-state index contributed by atoms with van der Waals surface area (Å²) in [5, 5.41) is 0.509. The molecule has 0 saturated heterocycles. The molecule has 3 heteroatoms. The van der Waals surface area contributed by atoms with Crippen molar-refractivity contribution in [3.63, 3.8) is 0 Å². The molecule has 17 heavy (non-hydrogen) atoms. The molecule has 0 radical (unpaired) electrons. The summed E-state index contributed by atoms with van der Waals surface area (Å²) in [6.07, 6.45) is 3.01. The van der Waals surface area contributed by atoms with E-state index in [1.807, 2.05) is 0 Å². The Hall–Kier alpha value is -2.29. The van der Waals surface area contributed by atoms with Crippen LogP contribution in [0.3, 0.4) is 0 Å². The molecule has 2 aromatic rings. The number of hydrogen-bond donors (Lipinski definition) is 0. The number of benzene rings is 1. The topological polar surface area (TPSA) is 39.4 Å². The van der Waals surface area contributed by atoms with Crippen LogP contribution in [0.1, 0.15) is 0 Å². The molecule has 0 aliphatic rings. The average molecular weight is 228 g/mol. The molecule has 2 rings (SSSR count). The van der Waals surface area contributed by atoms with Crippen molar-refractivity contribution in [1.82, 2.24) is 0 Å². The Balaban J connectivity index is 2.31. The Morgan fingerprint density at radius 2 is 2.24 bits per heavy atom. The van der Waals surface area contributed by atoms with Crippen LogP contribution in [0.5, 0.6) is 5.75 Å². The smallest absolute Gasteiger partial charge is 0.192 e. The SMILES string of the molecule is C=CC(=C)COc1ccc2occc(=O)c2c1. The summed E-state index contributed by atoms with van der Waals surface area (Å²) < 4.78 is 10.7. The fourth-order valence-electron chi connectivity index (χ4n) is 1.39. The van der Waals surface area contributed by atoms with E-state index in [0.29, 0.717) is 23.3 Å². The first-order chi connectivity index (χ1) is 8.20. The highest BCUT2D eigenvalue weighted by Gasteiger charge is 2.02. The summed E-state index contributed by atoms with van der Waals surface area (Å²) in [6.45, 7) is 7.69. The second-order valence-electron chi connectivity index (χ2n) is 3.59. The summed E-state index contributed by atoms with van der Waals surface area (Å²) in [5.74, 6) is 0.610. The Morgan fingerprint density at radius 3 is 3.00 bits per heavy atom. The summed E-state index contributed by atoms with van der Waals surface area (Å²) in [6, 6.07) is 6.51. The van der Waals surface area contributed by atoms with Gasteiger partial charge in [-0.2, -0.15) is 0 Å². The molecule has 0 unspecified atom stereocenters. The second kappa shape index (κ2) is 4.70. The highest BCUT2D eigenvalue weighted by molar-refractivity contribution is 5.77. The predicted octanol–water partition coefficient (Wildman–Crippen LogP) is 2.91. The van der Waals surface area contributed by atoms with E-state index in [-0.39, 0.29) is 5.43 Å². The fraction of sp³-hybridized carbons (Fsp3) is 0.0714. The first-order valence-electron chi connectivity index (χ1n) is 5.15. The number of hydrogen-bond acceptors (Lipinski definition) is 3. The maximum atomic E-state index is 11.6. The van der Waals surface area contributed by atoms with Gasteiger partial charge in [-0.05, 0) is 23.8 Å². The number of rotatable bonds is 4. The average Bonchev–Trinajstić information content (AvgIpc) is 2.36.